The first-order chi connectivity index (χ1) is 12.0. The van der Waals surface area contributed by atoms with E-state index in [9.17, 15) is 9.59 Å². The first kappa shape index (κ1) is 17.2. The van der Waals surface area contributed by atoms with Crippen molar-refractivity contribution in [1.82, 2.24) is 4.90 Å². The SMILES string of the molecule is CC1COC(c2ccccc2)C(C)N1C(=O)c1ccc(C(N)=O)cc1. The van der Waals surface area contributed by atoms with Gasteiger partial charge in [0.15, 0.2) is 0 Å². The highest BCUT2D eigenvalue weighted by molar-refractivity contribution is 5.97. The molecule has 0 saturated carbocycles. The Balaban J connectivity index is 1.85. The van der Waals surface area contributed by atoms with Crippen molar-refractivity contribution in [3.05, 3.63) is 71.3 Å². The van der Waals surface area contributed by atoms with E-state index in [2.05, 4.69) is 0 Å². The second-order valence-corrected chi connectivity index (χ2v) is 6.41. The summed E-state index contributed by atoms with van der Waals surface area (Å²) in [4.78, 5) is 26.1. The number of amides is 2. The van der Waals surface area contributed by atoms with Crippen molar-refractivity contribution in [1.29, 1.82) is 0 Å². The molecule has 3 rings (SSSR count). The molecule has 5 nitrogen and oxygen atoms in total. The molecule has 2 N–H and O–H groups in total. The van der Waals surface area contributed by atoms with Crippen LogP contribution in [0.1, 0.15) is 46.2 Å². The number of benzene rings is 2. The number of primary amides is 1. The van der Waals surface area contributed by atoms with Crippen molar-refractivity contribution >= 4 is 11.8 Å². The van der Waals surface area contributed by atoms with Gasteiger partial charge in [0.25, 0.3) is 5.91 Å². The smallest absolute Gasteiger partial charge is 0.254 e. The van der Waals surface area contributed by atoms with Crippen LogP contribution in [-0.4, -0.2) is 35.4 Å². The standard InChI is InChI=1S/C20H22N2O3/c1-13-12-25-18(15-6-4-3-5-7-15)14(2)22(13)20(24)17-10-8-16(9-11-17)19(21)23/h3-11,13-14,18H,12H2,1-2H3,(H2,21,23). The number of nitrogens with two attached hydrogens (primary N) is 1. The average Bonchev–Trinajstić information content (AvgIpc) is 2.62. The molecule has 2 aromatic carbocycles. The molecular weight excluding hydrogens is 316 g/mol. The lowest BCUT2D eigenvalue weighted by Crippen LogP contribution is -2.53. The quantitative estimate of drug-likeness (QED) is 0.935. The van der Waals surface area contributed by atoms with Crippen LogP contribution >= 0.6 is 0 Å². The number of carbonyl (C=O) groups excluding carboxylic acids is 2. The van der Waals surface area contributed by atoms with Crippen LogP contribution in [-0.2, 0) is 4.74 Å². The molecule has 1 saturated heterocycles. The lowest BCUT2D eigenvalue weighted by Gasteiger charge is -2.44. The van der Waals surface area contributed by atoms with Crippen LogP contribution in [0.4, 0.5) is 0 Å². The Morgan fingerprint density at radius 3 is 2.20 bits per heavy atom. The molecule has 3 atom stereocenters. The maximum Gasteiger partial charge on any atom is 0.254 e. The van der Waals surface area contributed by atoms with Gasteiger partial charge in [0.1, 0.15) is 6.10 Å². The fourth-order valence-corrected chi connectivity index (χ4v) is 3.34. The summed E-state index contributed by atoms with van der Waals surface area (Å²) in [6, 6.07) is 16.3. The summed E-state index contributed by atoms with van der Waals surface area (Å²) in [5.74, 6) is -0.573. The van der Waals surface area contributed by atoms with Gasteiger partial charge in [0.05, 0.1) is 18.7 Å². The molecule has 0 aliphatic carbocycles. The number of hydrogen-bond acceptors (Lipinski definition) is 3. The molecule has 0 bridgehead atoms. The molecule has 1 aliphatic rings. The topological polar surface area (TPSA) is 72.6 Å². The van der Waals surface area contributed by atoms with Gasteiger partial charge in [-0.25, -0.2) is 0 Å². The van der Waals surface area contributed by atoms with Gasteiger partial charge in [0, 0.05) is 11.1 Å². The first-order valence-electron chi connectivity index (χ1n) is 8.38. The van der Waals surface area contributed by atoms with Crippen molar-refractivity contribution < 1.29 is 14.3 Å². The minimum Gasteiger partial charge on any atom is -0.369 e. The Hall–Kier alpha value is -2.66. The second kappa shape index (κ2) is 7.07. The number of hydrogen-bond donors (Lipinski definition) is 1. The molecule has 1 heterocycles. The van der Waals surface area contributed by atoms with Crippen molar-refractivity contribution in [3.8, 4) is 0 Å². The number of carbonyl (C=O) groups is 2. The van der Waals surface area contributed by atoms with Gasteiger partial charge in [-0.3, -0.25) is 9.59 Å². The summed E-state index contributed by atoms with van der Waals surface area (Å²) in [5, 5.41) is 0. The molecule has 130 valence electrons. The van der Waals surface area contributed by atoms with Crippen LogP contribution < -0.4 is 5.73 Å². The van der Waals surface area contributed by atoms with E-state index >= 15 is 0 Å². The fraction of sp³-hybridized carbons (Fsp3) is 0.300. The highest BCUT2D eigenvalue weighted by atomic mass is 16.5. The predicted octanol–water partition coefficient (Wildman–Crippen LogP) is 2.78. The summed E-state index contributed by atoms with van der Waals surface area (Å²) in [5.41, 5.74) is 7.25. The lowest BCUT2D eigenvalue weighted by molar-refractivity contribution is -0.0806. The van der Waals surface area contributed by atoms with E-state index in [4.69, 9.17) is 10.5 Å². The zero-order chi connectivity index (χ0) is 18.0. The normalized spacial score (nSPS) is 23.3. The molecule has 2 amide bonds. The van der Waals surface area contributed by atoms with Gasteiger partial charge in [0.2, 0.25) is 5.91 Å². The molecular formula is C20H22N2O3. The van der Waals surface area contributed by atoms with Crippen molar-refractivity contribution in [3.63, 3.8) is 0 Å². The van der Waals surface area contributed by atoms with E-state index in [1.54, 1.807) is 24.3 Å². The molecule has 2 aromatic rings. The molecule has 3 unspecified atom stereocenters. The van der Waals surface area contributed by atoms with Gasteiger partial charge < -0.3 is 15.4 Å². The molecule has 25 heavy (non-hydrogen) atoms. The van der Waals surface area contributed by atoms with Crippen molar-refractivity contribution in [2.45, 2.75) is 32.0 Å². The van der Waals surface area contributed by atoms with E-state index in [-0.39, 0.29) is 24.1 Å². The Bertz CT molecular complexity index is 758. The summed E-state index contributed by atoms with van der Waals surface area (Å²) in [7, 11) is 0. The van der Waals surface area contributed by atoms with E-state index in [0.717, 1.165) is 5.56 Å². The molecule has 5 heteroatoms. The van der Waals surface area contributed by atoms with E-state index in [1.165, 1.54) is 0 Å². The first-order valence-corrected chi connectivity index (χ1v) is 8.38. The van der Waals surface area contributed by atoms with Crippen LogP contribution in [0, 0.1) is 0 Å². The number of ether oxygens (including phenoxy) is 1. The number of morpholine rings is 1. The van der Waals surface area contributed by atoms with E-state index in [1.807, 2.05) is 49.1 Å². The van der Waals surface area contributed by atoms with Crippen LogP contribution in [0.5, 0.6) is 0 Å². The van der Waals surface area contributed by atoms with Gasteiger partial charge in [-0.2, -0.15) is 0 Å². The Kier molecular flexibility index (Phi) is 4.86. The Labute approximate surface area is 147 Å². The highest BCUT2D eigenvalue weighted by Crippen LogP contribution is 2.31. The molecule has 0 radical (unpaired) electrons. The van der Waals surface area contributed by atoms with Crippen LogP contribution in [0.2, 0.25) is 0 Å². The summed E-state index contributed by atoms with van der Waals surface area (Å²) >= 11 is 0. The third-order valence-electron chi connectivity index (χ3n) is 4.65. The maximum atomic E-state index is 13.0. The zero-order valence-electron chi connectivity index (χ0n) is 14.4. The van der Waals surface area contributed by atoms with Gasteiger partial charge in [-0.05, 0) is 43.7 Å². The van der Waals surface area contributed by atoms with Gasteiger partial charge >= 0.3 is 0 Å². The van der Waals surface area contributed by atoms with Crippen LogP contribution in [0.3, 0.4) is 0 Å². The molecule has 1 aliphatic heterocycles. The summed E-state index contributed by atoms with van der Waals surface area (Å²) < 4.78 is 6.00. The molecule has 0 aromatic heterocycles. The van der Waals surface area contributed by atoms with E-state index < -0.39 is 5.91 Å². The Morgan fingerprint density at radius 2 is 1.60 bits per heavy atom. The number of nitrogens with zero attached hydrogens (tertiary/aromatic N) is 1. The number of rotatable bonds is 3. The zero-order valence-corrected chi connectivity index (χ0v) is 14.4. The van der Waals surface area contributed by atoms with Crippen molar-refractivity contribution in [2.24, 2.45) is 5.73 Å². The van der Waals surface area contributed by atoms with Crippen LogP contribution in [0.15, 0.2) is 54.6 Å². The minimum absolute atomic E-state index is 0.0294. The van der Waals surface area contributed by atoms with Gasteiger partial charge in [-0.15, -0.1) is 0 Å². The second-order valence-electron chi connectivity index (χ2n) is 6.41. The van der Waals surface area contributed by atoms with Crippen molar-refractivity contribution in [2.75, 3.05) is 6.61 Å². The maximum absolute atomic E-state index is 13.0. The van der Waals surface area contributed by atoms with Gasteiger partial charge in [-0.1, -0.05) is 30.3 Å². The molecule has 0 spiro atoms. The largest absolute Gasteiger partial charge is 0.369 e. The highest BCUT2D eigenvalue weighted by Gasteiger charge is 2.37. The average molecular weight is 338 g/mol. The van der Waals surface area contributed by atoms with Crippen LogP contribution in [0.25, 0.3) is 0 Å². The van der Waals surface area contributed by atoms with E-state index in [0.29, 0.717) is 17.7 Å². The fourth-order valence-electron chi connectivity index (χ4n) is 3.34. The summed E-state index contributed by atoms with van der Waals surface area (Å²) in [6.45, 7) is 4.46. The molecule has 1 fully saturated rings. The third kappa shape index (κ3) is 3.42. The predicted molar refractivity (Wildman–Crippen MR) is 95.2 cm³/mol. The lowest BCUT2D eigenvalue weighted by atomic mass is 9.97. The minimum atomic E-state index is -0.503. The summed E-state index contributed by atoms with van der Waals surface area (Å²) in [6.07, 6.45) is -0.161. The Morgan fingerprint density at radius 1 is 1.00 bits per heavy atom. The third-order valence-corrected chi connectivity index (χ3v) is 4.65. The monoisotopic (exact) mass is 338 g/mol.